The highest BCUT2D eigenvalue weighted by atomic mass is 35.5. The van der Waals surface area contributed by atoms with Crippen LogP contribution in [0, 0.1) is 0 Å². The van der Waals surface area contributed by atoms with Crippen LogP contribution in [-0.2, 0) is 6.42 Å². The molecule has 18 heavy (non-hydrogen) atoms. The molecule has 0 amide bonds. The summed E-state index contributed by atoms with van der Waals surface area (Å²) in [5, 5.41) is 4.18. The van der Waals surface area contributed by atoms with Crippen LogP contribution in [0.25, 0.3) is 11.5 Å². The fraction of sp³-hybridized carbons (Fsp3) is 0.357. The first-order chi connectivity index (χ1) is 8.81. The van der Waals surface area contributed by atoms with E-state index in [9.17, 15) is 0 Å². The Balaban J connectivity index is 1.74. The molecule has 0 bridgehead atoms. The van der Waals surface area contributed by atoms with Crippen molar-refractivity contribution in [3.05, 3.63) is 41.2 Å². The average molecular weight is 263 g/mol. The summed E-state index contributed by atoms with van der Waals surface area (Å²) >= 11 is 5.86. The molecule has 1 aromatic carbocycles. The maximum atomic E-state index is 5.86. The van der Waals surface area contributed by atoms with E-state index < -0.39 is 0 Å². The van der Waals surface area contributed by atoms with Crippen molar-refractivity contribution in [1.82, 2.24) is 10.3 Å². The lowest BCUT2D eigenvalue weighted by atomic mass is 10.1. The van der Waals surface area contributed by atoms with Gasteiger partial charge in [0.1, 0.15) is 5.76 Å². The minimum absolute atomic E-state index is 0.538. The molecule has 94 valence electrons. The predicted molar refractivity (Wildman–Crippen MR) is 71.7 cm³/mol. The highest BCUT2D eigenvalue weighted by Crippen LogP contribution is 2.22. The Morgan fingerprint density at radius 1 is 1.33 bits per heavy atom. The predicted octanol–water partition coefficient (Wildman–Crippen LogP) is 3.29. The number of benzene rings is 1. The van der Waals surface area contributed by atoms with Gasteiger partial charge in [0.25, 0.3) is 0 Å². The van der Waals surface area contributed by atoms with Crippen LogP contribution in [-0.4, -0.2) is 17.6 Å². The largest absolute Gasteiger partial charge is 0.441 e. The third-order valence-corrected chi connectivity index (χ3v) is 3.51. The first-order valence-electron chi connectivity index (χ1n) is 6.25. The zero-order chi connectivity index (χ0) is 12.4. The Labute approximate surface area is 111 Å². The van der Waals surface area contributed by atoms with Crippen molar-refractivity contribution in [2.75, 3.05) is 6.54 Å². The van der Waals surface area contributed by atoms with Crippen molar-refractivity contribution in [2.45, 2.75) is 25.3 Å². The molecule has 1 aromatic heterocycles. The van der Waals surface area contributed by atoms with E-state index in [4.69, 9.17) is 16.0 Å². The maximum absolute atomic E-state index is 5.86. The molecular weight excluding hydrogens is 248 g/mol. The summed E-state index contributed by atoms with van der Waals surface area (Å²) in [6, 6.07) is 8.08. The first kappa shape index (κ1) is 11.8. The smallest absolute Gasteiger partial charge is 0.226 e. The van der Waals surface area contributed by atoms with Gasteiger partial charge in [-0.25, -0.2) is 4.98 Å². The number of hydrogen-bond acceptors (Lipinski definition) is 3. The van der Waals surface area contributed by atoms with E-state index in [0.29, 0.717) is 11.9 Å². The van der Waals surface area contributed by atoms with Gasteiger partial charge in [-0.3, -0.25) is 0 Å². The monoisotopic (exact) mass is 262 g/mol. The van der Waals surface area contributed by atoms with Crippen molar-refractivity contribution in [2.24, 2.45) is 0 Å². The minimum atomic E-state index is 0.538. The van der Waals surface area contributed by atoms with Gasteiger partial charge in [-0.15, -0.1) is 0 Å². The molecule has 3 nitrogen and oxygen atoms in total. The van der Waals surface area contributed by atoms with E-state index in [1.54, 1.807) is 0 Å². The summed E-state index contributed by atoms with van der Waals surface area (Å²) in [4.78, 5) is 4.32. The summed E-state index contributed by atoms with van der Waals surface area (Å²) in [5.74, 6) is 1.61. The quantitative estimate of drug-likeness (QED) is 0.922. The highest BCUT2D eigenvalue weighted by Gasteiger charge is 2.17. The van der Waals surface area contributed by atoms with Gasteiger partial charge in [0.2, 0.25) is 5.89 Å². The van der Waals surface area contributed by atoms with Crippen LogP contribution in [0.1, 0.15) is 18.6 Å². The lowest BCUT2D eigenvalue weighted by molar-refractivity contribution is 0.476. The third kappa shape index (κ3) is 2.57. The van der Waals surface area contributed by atoms with Crippen molar-refractivity contribution < 1.29 is 4.42 Å². The molecule has 0 radical (unpaired) electrons. The maximum Gasteiger partial charge on any atom is 0.226 e. The summed E-state index contributed by atoms with van der Waals surface area (Å²) in [6.07, 6.45) is 5.21. The van der Waals surface area contributed by atoms with E-state index in [0.717, 1.165) is 29.3 Å². The van der Waals surface area contributed by atoms with Gasteiger partial charge in [0, 0.05) is 23.0 Å². The summed E-state index contributed by atoms with van der Waals surface area (Å²) < 4.78 is 5.78. The summed E-state index contributed by atoms with van der Waals surface area (Å²) in [5.41, 5.74) is 0.963. The highest BCUT2D eigenvalue weighted by molar-refractivity contribution is 6.30. The normalized spacial score (nSPS) is 19.3. The molecule has 0 aliphatic carbocycles. The fourth-order valence-electron chi connectivity index (χ4n) is 2.30. The minimum Gasteiger partial charge on any atom is -0.441 e. The standard InChI is InChI=1S/C14H15ClN2O/c15-11-5-3-10(4-6-11)14-17-9-13(18-14)8-12-2-1-7-16-12/h3-6,9,12,16H,1-2,7-8H2. The molecule has 3 rings (SSSR count). The third-order valence-electron chi connectivity index (χ3n) is 3.25. The Bertz CT molecular complexity index is 515. The molecule has 2 aromatic rings. The number of halogens is 1. The number of oxazole rings is 1. The molecular formula is C14H15ClN2O. The SMILES string of the molecule is Clc1ccc(-c2ncc(CC3CCCN3)o2)cc1. The lowest BCUT2D eigenvalue weighted by Crippen LogP contribution is -2.23. The molecule has 1 saturated heterocycles. The fourth-order valence-corrected chi connectivity index (χ4v) is 2.43. The van der Waals surface area contributed by atoms with Crippen molar-refractivity contribution >= 4 is 11.6 Å². The van der Waals surface area contributed by atoms with Gasteiger partial charge in [-0.05, 0) is 43.7 Å². The second-order valence-electron chi connectivity index (χ2n) is 4.64. The zero-order valence-electron chi connectivity index (χ0n) is 10.0. The van der Waals surface area contributed by atoms with E-state index in [2.05, 4.69) is 10.3 Å². The van der Waals surface area contributed by atoms with Gasteiger partial charge in [-0.2, -0.15) is 0 Å². The molecule has 1 unspecified atom stereocenters. The van der Waals surface area contributed by atoms with Crippen LogP contribution in [0.2, 0.25) is 5.02 Å². The number of rotatable bonds is 3. The van der Waals surface area contributed by atoms with Gasteiger partial charge >= 0.3 is 0 Å². The van der Waals surface area contributed by atoms with Crippen molar-refractivity contribution in [3.63, 3.8) is 0 Å². The van der Waals surface area contributed by atoms with Crippen LogP contribution >= 0.6 is 11.6 Å². The number of nitrogens with one attached hydrogen (secondary N) is 1. The molecule has 1 fully saturated rings. The number of nitrogens with zero attached hydrogens (tertiary/aromatic N) is 1. The first-order valence-corrected chi connectivity index (χ1v) is 6.63. The zero-order valence-corrected chi connectivity index (χ0v) is 10.8. The Morgan fingerprint density at radius 3 is 2.89 bits per heavy atom. The second kappa shape index (κ2) is 5.12. The van der Waals surface area contributed by atoms with Gasteiger partial charge in [-0.1, -0.05) is 11.6 Å². The van der Waals surface area contributed by atoms with E-state index in [-0.39, 0.29) is 0 Å². The molecule has 0 spiro atoms. The molecule has 1 aliphatic heterocycles. The molecule has 1 aliphatic rings. The van der Waals surface area contributed by atoms with E-state index in [1.165, 1.54) is 12.8 Å². The van der Waals surface area contributed by atoms with Crippen LogP contribution in [0.3, 0.4) is 0 Å². The number of hydrogen-bond donors (Lipinski definition) is 1. The molecule has 1 atom stereocenters. The summed E-state index contributed by atoms with van der Waals surface area (Å²) in [6.45, 7) is 1.11. The lowest BCUT2D eigenvalue weighted by Gasteiger charge is -2.06. The van der Waals surface area contributed by atoms with Gasteiger partial charge < -0.3 is 9.73 Å². The molecule has 1 N–H and O–H groups in total. The van der Waals surface area contributed by atoms with Crippen molar-refractivity contribution in [1.29, 1.82) is 0 Å². The van der Waals surface area contributed by atoms with Crippen LogP contribution in [0.5, 0.6) is 0 Å². The van der Waals surface area contributed by atoms with E-state index in [1.807, 2.05) is 30.5 Å². The van der Waals surface area contributed by atoms with Crippen LogP contribution in [0.4, 0.5) is 0 Å². The Hall–Kier alpha value is -1.32. The molecule has 2 heterocycles. The second-order valence-corrected chi connectivity index (χ2v) is 5.07. The van der Waals surface area contributed by atoms with Gasteiger partial charge in [0.05, 0.1) is 6.20 Å². The Kier molecular flexibility index (Phi) is 3.35. The average Bonchev–Trinajstić information content (AvgIpc) is 3.02. The molecule has 4 heteroatoms. The van der Waals surface area contributed by atoms with Gasteiger partial charge in [0.15, 0.2) is 0 Å². The Morgan fingerprint density at radius 2 is 2.17 bits per heavy atom. The number of aromatic nitrogens is 1. The molecule has 0 saturated carbocycles. The van der Waals surface area contributed by atoms with Crippen LogP contribution < -0.4 is 5.32 Å². The topological polar surface area (TPSA) is 38.1 Å². The van der Waals surface area contributed by atoms with E-state index >= 15 is 0 Å². The van der Waals surface area contributed by atoms with Crippen LogP contribution in [0.15, 0.2) is 34.9 Å². The van der Waals surface area contributed by atoms with Crippen molar-refractivity contribution in [3.8, 4) is 11.5 Å². The summed E-state index contributed by atoms with van der Waals surface area (Å²) in [7, 11) is 0.